The molecule has 0 aromatic carbocycles. The Kier molecular flexibility index (Phi) is 4.47. The molecule has 1 aromatic rings. The van der Waals surface area contributed by atoms with Gasteiger partial charge in [0.2, 0.25) is 0 Å². The lowest BCUT2D eigenvalue weighted by molar-refractivity contribution is 0.0923. The van der Waals surface area contributed by atoms with Gasteiger partial charge in [-0.3, -0.25) is 9.69 Å². The quantitative estimate of drug-likeness (QED) is 0.617. The predicted molar refractivity (Wildman–Crippen MR) is 85.9 cm³/mol. The molecular weight excluding hydrogens is 390 g/mol. The van der Waals surface area contributed by atoms with Gasteiger partial charge in [0.15, 0.2) is 5.78 Å². The van der Waals surface area contributed by atoms with Crippen LogP contribution in [-0.2, 0) is 0 Å². The molecule has 104 valence electrons. The zero-order chi connectivity index (χ0) is 13.4. The van der Waals surface area contributed by atoms with Crippen LogP contribution in [0.2, 0.25) is 0 Å². The standard InChI is InChI=1S/C14H17Br2NOS/c15-13-5-11(14(16)19-13)12(18)8-17(6-9-1-2-9)7-10-3-4-10/h5,9-10H,1-4,6-8H2. The van der Waals surface area contributed by atoms with Gasteiger partial charge in [0, 0.05) is 18.7 Å². The molecule has 0 unspecified atom stereocenters. The van der Waals surface area contributed by atoms with E-state index in [0.29, 0.717) is 6.54 Å². The molecule has 0 saturated heterocycles. The molecule has 19 heavy (non-hydrogen) atoms. The van der Waals surface area contributed by atoms with Crippen molar-refractivity contribution >= 4 is 49.0 Å². The molecule has 0 atom stereocenters. The largest absolute Gasteiger partial charge is 0.295 e. The van der Waals surface area contributed by atoms with Crippen molar-refractivity contribution in [1.29, 1.82) is 0 Å². The second kappa shape index (κ2) is 5.96. The maximum absolute atomic E-state index is 12.4. The van der Waals surface area contributed by atoms with Crippen molar-refractivity contribution in [3.63, 3.8) is 0 Å². The first-order chi connectivity index (χ1) is 9.11. The van der Waals surface area contributed by atoms with Gasteiger partial charge in [0.1, 0.15) is 0 Å². The summed E-state index contributed by atoms with van der Waals surface area (Å²) in [6, 6.07) is 1.93. The first kappa shape index (κ1) is 14.2. The third-order valence-corrected chi connectivity index (χ3v) is 6.09. The molecule has 1 aromatic heterocycles. The van der Waals surface area contributed by atoms with E-state index in [-0.39, 0.29) is 5.78 Å². The van der Waals surface area contributed by atoms with Gasteiger partial charge in [-0.2, -0.15) is 0 Å². The Morgan fingerprint density at radius 3 is 2.21 bits per heavy atom. The third kappa shape index (κ3) is 4.13. The van der Waals surface area contributed by atoms with Gasteiger partial charge in [-0.15, -0.1) is 11.3 Å². The lowest BCUT2D eigenvalue weighted by atomic mass is 10.2. The number of hydrogen-bond donors (Lipinski definition) is 0. The van der Waals surface area contributed by atoms with Gasteiger partial charge >= 0.3 is 0 Å². The minimum absolute atomic E-state index is 0.245. The first-order valence-corrected chi connectivity index (χ1v) is 9.22. The highest BCUT2D eigenvalue weighted by molar-refractivity contribution is 9.12. The van der Waals surface area contributed by atoms with Crippen molar-refractivity contribution < 1.29 is 4.79 Å². The summed E-state index contributed by atoms with van der Waals surface area (Å²) in [4.78, 5) is 14.8. The zero-order valence-corrected chi connectivity index (χ0v) is 14.7. The maximum Gasteiger partial charge on any atom is 0.178 e. The summed E-state index contributed by atoms with van der Waals surface area (Å²) in [7, 11) is 0. The summed E-state index contributed by atoms with van der Waals surface area (Å²) in [5, 5.41) is 0. The summed E-state index contributed by atoms with van der Waals surface area (Å²) < 4.78 is 1.96. The molecule has 0 N–H and O–H groups in total. The van der Waals surface area contributed by atoms with E-state index in [1.54, 1.807) is 11.3 Å². The fourth-order valence-electron chi connectivity index (χ4n) is 2.35. The number of hydrogen-bond acceptors (Lipinski definition) is 3. The molecule has 2 aliphatic rings. The topological polar surface area (TPSA) is 20.3 Å². The van der Waals surface area contributed by atoms with Crippen LogP contribution in [-0.4, -0.2) is 30.3 Å². The number of carbonyl (C=O) groups excluding carboxylic acids is 1. The Morgan fingerprint density at radius 1 is 1.21 bits per heavy atom. The summed E-state index contributed by atoms with van der Waals surface area (Å²) in [6.07, 6.45) is 5.40. The number of halogens is 2. The van der Waals surface area contributed by atoms with Crippen molar-refractivity contribution in [2.75, 3.05) is 19.6 Å². The van der Waals surface area contributed by atoms with Crippen LogP contribution in [0.1, 0.15) is 36.0 Å². The lowest BCUT2D eigenvalue weighted by Gasteiger charge is -2.21. The molecule has 0 amide bonds. The molecule has 0 radical (unpaired) electrons. The van der Waals surface area contributed by atoms with Gasteiger partial charge in [-0.05, 0) is 75.4 Å². The molecule has 0 bridgehead atoms. The summed E-state index contributed by atoms with van der Waals surface area (Å²) in [5.41, 5.74) is 0.827. The van der Waals surface area contributed by atoms with Gasteiger partial charge in [0.25, 0.3) is 0 Å². The van der Waals surface area contributed by atoms with Crippen LogP contribution in [0.15, 0.2) is 13.6 Å². The SMILES string of the molecule is O=C(CN(CC1CC1)CC1CC1)c1cc(Br)sc1Br. The maximum atomic E-state index is 12.4. The second-order valence-electron chi connectivity index (χ2n) is 5.74. The minimum atomic E-state index is 0.245. The van der Waals surface area contributed by atoms with E-state index < -0.39 is 0 Å². The molecule has 0 spiro atoms. The number of nitrogens with zero attached hydrogens (tertiary/aromatic N) is 1. The summed E-state index contributed by atoms with van der Waals surface area (Å²) in [5.74, 6) is 1.95. The van der Waals surface area contributed by atoms with Crippen LogP contribution < -0.4 is 0 Å². The summed E-state index contributed by atoms with van der Waals surface area (Å²) >= 11 is 8.50. The fraction of sp³-hybridized carbons (Fsp3) is 0.643. The molecule has 0 aliphatic heterocycles. The van der Waals surface area contributed by atoms with Crippen molar-refractivity contribution in [2.24, 2.45) is 11.8 Å². The number of Topliss-reactive ketones (excluding diaryl/α,β-unsaturated/α-hetero) is 1. The van der Waals surface area contributed by atoms with Gasteiger partial charge in [-0.25, -0.2) is 0 Å². The average molecular weight is 407 g/mol. The van der Waals surface area contributed by atoms with Crippen molar-refractivity contribution in [1.82, 2.24) is 4.90 Å². The highest BCUT2D eigenvalue weighted by Gasteiger charge is 2.30. The predicted octanol–water partition coefficient (Wildman–Crippen LogP) is 4.58. The van der Waals surface area contributed by atoms with Crippen LogP contribution >= 0.6 is 43.2 Å². The summed E-state index contributed by atoms with van der Waals surface area (Å²) in [6.45, 7) is 2.81. The number of rotatable bonds is 7. The van der Waals surface area contributed by atoms with E-state index in [9.17, 15) is 4.79 Å². The molecule has 1 heterocycles. The smallest absolute Gasteiger partial charge is 0.178 e. The van der Waals surface area contributed by atoms with Crippen molar-refractivity contribution in [3.05, 3.63) is 19.2 Å². The van der Waals surface area contributed by atoms with Crippen LogP contribution in [0.4, 0.5) is 0 Å². The van der Waals surface area contributed by atoms with Crippen LogP contribution in [0, 0.1) is 11.8 Å². The Morgan fingerprint density at radius 2 is 1.79 bits per heavy atom. The van der Waals surface area contributed by atoms with Crippen molar-refractivity contribution in [2.45, 2.75) is 25.7 Å². The molecular formula is C14H17Br2NOS. The van der Waals surface area contributed by atoms with Crippen molar-refractivity contribution in [3.8, 4) is 0 Å². The molecule has 2 fully saturated rings. The second-order valence-corrected chi connectivity index (χ2v) is 9.49. The number of ketones is 1. The van der Waals surface area contributed by atoms with Crippen LogP contribution in [0.25, 0.3) is 0 Å². The van der Waals surface area contributed by atoms with E-state index >= 15 is 0 Å². The normalized spacial score (nSPS) is 19.1. The van der Waals surface area contributed by atoms with Crippen LogP contribution in [0.3, 0.4) is 0 Å². The third-order valence-electron chi connectivity index (χ3n) is 3.75. The van der Waals surface area contributed by atoms with Gasteiger partial charge in [0.05, 0.1) is 14.1 Å². The van der Waals surface area contributed by atoms with E-state index in [1.807, 2.05) is 6.07 Å². The fourth-order valence-corrected chi connectivity index (χ4v) is 5.21. The van der Waals surface area contributed by atoms with Crippen LogP contribution in [0.5, 0.6) is 0 Å². The average Bonchev–Trinajstić information content (AvgIpc) is 3.23. The van der Waals surface area contributed by atoms with E-state index in [1.165, 1.54) is 25.7 Å². The Balaban J connectivity index is 1.62. The zero-order valence-electron chi connectivity index (χ0n) is 10.7. The number of thiophene rings is 1. The van der Waals surface area contributed by atoms with E-state index in [0.717, 1.165) is 38.1 Å². The Bertz CT molecular complexity index is 466. The number of carbonyl (C=O) groups is 1. The Labute approximate surface area is 134 Å². The Hall–Kier alpha value is 0.290. The van der Waals surface area contributed by atoms with Gasteiger partial charge < -0.3 is 0 Å². The molecule has 2 aliphatic carbocycles. The lowest BCUT2D eigenvalue weighted by Crippen LogP contribution is -2.33. The van der Waals surface area contributed by atoms with Gasteiger partial charge in [-0.1, -0.05) is 0 Å². The minimum Gasteiger partial charge on any atom is -0.295 e. The van der Waals surface area contributed by atoms with E-state index in [2.05, 4.69) is 36.8 Å². The molecule has 3 rings (SSSR count). The monoisotopic (exact) mass is 405 g/mol. The molecule has 5 heteroatoms. The first-order valence-electron chi connectivity index (χ1n) is 6.82. The molecule has 2 nitrogen and oxygen atoms in total. The highest BCUT2D eigenvalue weighted by atomic mass is 79.9. The molecule has 2 saturated carbocycles. The highest BCUT2D eigenvalue weighted by Crippen LogP contribution is 2.35. The van der Waals surface area contributed by atoms with E-state index in [4.69, 9.17) is 0 Å².